The first-order chi connectivity index (χ1) is 10.7. The molecule has 0 radical (unpaired) electrons. The van der Waals surface area contributed by atoms with Gasteiger partial charge in [-0.25, -0.2) is 9.37 Å². The summed E-state index contributed by atoms with van der Waals surface area (Å²) >= 11 is 0. The molecule has 0 spiro atoms. The van der Waals surface area contributed by atoms with Crippen LogP contribution in [0.1, 0.15) is 15.9 Å². The van der Waals surface area contributed by atoms with Gasteiger partial charge in [0.25, 0.3) is 5.91 Å². The molecule has 0 saturated heterocycles. The second kappa shape index (κ2) is 6.22. The van der Waals surface area contributed by atoms with Gasteiger partial charge < -0.3 is 9.88 Å². The summed E-state index contributed by atoms with van der Waals surface area (Å²) < 4.78 is 14.8. The van der Waals surface area contributed by atoms with Crippen molar-refractivity contribution < 1.29 is 9.18 Å². The van der Waals surface area contributed by atoms with Gasteiger partial charge in [0.05, 0.1) is 6.33 Å². The Kier molecular flexibility index (Phi) is 3.96. The molecule has 0 bridgehead atoms. The van der Waals surface area contributed by atoms with Crippen molar-refractivity contribution in [3.63, 3.8) is 0 Å². The summed E-state index contributed by atoms with van der Waals surface area (Å²) in [6.07, 6.45) is 5.36. The van der Waals surface area contributed by atoms with Crippen LogP contribution in [0.3, 0.4) is 0 Å². The minimum absolute atomic E-state index is 0.221. The van der Waals surface area contributed by atoms with E-state index in [-0.39, 0.29) is 11.7 Å². The molecule has 1 heterocycles. The van der Waals surface area contributed by atoms with Gasteiger partial charge in [0, 0.05) is 30.2 Å². The van der Waals surface area contributed by atoms with Gasteiger partial charge in [-0.2, -0.15) is 0 Å². The molecule has 0 atom stereocenters. The molecule has 0 aliphatic heterocycles. The first-order valence-corrected chi connectivity index (χ1v) is 6.82. The van der Waals surface area contributed by atoms with Gasteiger partial charge in [-0.1, -0.05) is 12.1 Å². The number of benzene rings is 2. The van der Waals surface area contributed by atoms with Crippen molar-refractivity contribution >= 4 is 11.6 Å². The highest BCUT2D eigenvalue weighted by molar-refractivity contribution is 6.04. The Morgan fingerprint density at radius 3 is 2.45 bits per heavy atom. The van der Waals surface area contributed by atoms with E-state index in [1.54, 1.807) is 24.7 Å². The Hall–Kier alpha value is -2.95. The van der Waals surface area contributed by atoms with E-state index < -0.39 is 0 Å². The molecular weight excluding hydrogens is 281 g/mol. The molecule has 3 rings (SSSR count). The van der Waals surface area contributed by atoms with Crippen LogP contribution in [0.2, 0.25) is 0 Å². The molecule has 3 aromatic rings. The molecule has 2 aromatic carbocycles. The lowest BCUT2D eigenvalue weighted by Crippen LogP contribution is -2.11. The Labute approximate surface area is 127 Å². The van der Waals surface area contributed by atoms with Crippen LogP contribution in [0.25, 0.3) is 0 Å². The number of nitrogens with zero attached hydrogens (tertiary/aromatic N) is 2. The van der Waals surface area contributed by atoms with E-state index >= 15 is 0 Å². The van der Waals surface area contributed by atoms with E-state index in [9.17, 15) is 9.18 Å². The van der Waals surface area contributed by atoms with Crippen molar-refractivity contribution in [3.8, 4) is 0 Å². The lowest BCUT2D eigenvalue weighted by atomic mass is 10.1. The van der Waals surface area contributed by atoms with Crippen molar-refractivity contribution in [3.05, 3.63) is 84.2 Å². The van der Waals surface area contributed by atoms with E-state index in [0.29, 0.717) is 17.8 Å². The number of imidazole rings is 1. The predicted octanol–water partition coefficient (Wildman–Crippen LogP) is 3.32. The topological polar surface area (TPSA) is 46.9 Å². The molecule has 1 amide bonds. The number of hydrogen-bond donors (Lipinski definition) is 1. The van der Waals surface area contributed by atoms with Crippen molar-refractivity contribution in [1.29, 1.82) is 0 Å². The lowest BCUT2D eigenvalue weighted by Gasteiger charge is -2.07. The third kappa shape index (κ3) is 3.38. The fourth-order valence-corrected chi connectivity index (χ4v) is 2.09. The van der Waals surface area contributed by atoms with Crippen molar-refractivity contribution in [2.75, 3.05) is 5.32 Å². The first kappa shape index (κ1) is 14.0. The number of carbonyl (C=O) groups is 1. The molecule has 0 aliphatic rings. The summed E-state index contributed by atoms with van der Waals surface area (Å²) in [7, 11) is 0. The molecule has 1 aromatic heterocycles. The van der Waals surface area contributed by atoms with Gasteiger partial charge in [0.2, 0.25) is 0 Å². The average molecular weight is 295 g/mol. The fraction of sp³-hybridized carbons (Fsp3) is 0.0588. The van der Waals surface area contributed by atoms with Crippen LogP contribution in [0, 0.1) is 5.82 Å². The maximum atomic E-state index is 12.8. The number of rotatable bonds is 4. The van der Waals surface area contributed by atoms with Gasteiger partial charge in [0.15, 0.2) is 0 Å². The van der Waals surface area contributed by atoms with E-state index in [0.717, 1.165) is 5.56 Å². The lowest BCUT2D eigenvalue weighted by molar-refractivity contribution is 0.102. The summed E-state index contributed by atoms with van der Waals surface area (Å²) in [5.74, 6) is -0.553. The van der Waals surface area contributed by atoms with E-state index in [4.69, 9.17) is 0 Å². The van der Waals surface area contributed by atoms with E-state index in [1.165, 1.54) is 24.3 Å². The highest BCUT2D eigenvalue weighted by atomic mass is 19.1. The molecule has 0 saturated carbocycles. The zero-order valence-corrected chi connectivity index (χ0v) is 11.7. The van der Waals surface area contributed by atoms with Crippen LogP contribution in [-0.4, -0.2) is 15.5 Å². The van der Waals surface area contributed by atoms with E-state index in [1.807, 2.05) is 22.9 Å². The van der Waals surface area contributed by atoms with Crippen molar-refractivity contribution in [1.82, 2.24) is 9.55 Å². The maximum Gasteiger partial charge on any atom is 0.255 e. The Morgan fingerprint density at radius 2 is 1.82 bits per heavy atom. The first-order valence-electron chi connectivity index (χ1n) is 6.82. The molecule has 1 N–H and O–H groups in total. The maximum absolute atomic E-state index is 12.8. The van der Waals surface area contributed by atoms with Crippen LogP contribution in [0.5, 0.6) is 0 Å². The SMILES string of the molecule is O=C(Nc1ccc(F)cc1)c1ccc(Cn2ccnc2)cc1. The second-order valence-electron chi connectivity index (χ2n) is 4.89. The summed E-state index contributed by atoms with van der Waals surface area (Å²) in [6.45, 7) is 0.708. The minimum atomic E-state index is -0.332. The third-order valence-electron chi connectivity index (χ3n) is 3.24. The Morgan fingerprint density at radius 1 is 1.09 bits per heavy atom. The van der Waals surface area contributed by atoms with Crippen LogP contribution < -0.4 is 5.32 Å². The summed E-state index contributed by atoms with van der Waals surface area (Å²) in [6, 6.07) is 13.0. The number of amides is 1. The number of anilines is 1. The van der Waals surface area contributed by atoms with Gasteiger partial charge >= 0.3 is 0 Å². The average Bonchev–Trinajstić information content (AvgIpc) is 3.03. The smallest absolute Gasteiger partial charge is 0.255 e. The molecule has 0 unspecified atom stereocenters. The number of carbonyl (C=O) groups excluding carboxylic acids is 1. The fourth-order valence-electron chi connectivity index (χ4n) is 2.09. The zero-order chi connectivity index (χ0) is 15.4. The number of halogens is 1. The third-order valence-corrected chi connectivity index (χ3v) is 3.24. The zero-order valence-electron chi connectivity index (χ0n) is 11.7. The largest absolute Gasteiger partial charge is 0.333 e. The van der Waals surface area contributed by atoms with Crippen molar-refractivity contribution in [2.24, 2.45) is 0 Å². The number of nitrogens with one attached hydrogen (secondary N) is 1. The standard InChI is InChI=1S/C17H14FN3O/c18-15-5-7-16(8-6-15)20-17(22)14-3-1-13(2-4-14)11-21-10-9-19-12-21/h1-10,12H,11H2,(H,20,22). The molecule has 4 nitrogen and oxygen atoms in total. The Balaban J connectivity index is 1.66. The predicted molar refractivity (Wildman–Crippen MR) is 82.1 cm³/mol. The van der Waals surface area contributed by atoms with Crippen LogP contribution in [-0.2, 0) is 6.54 Å². The highest BCUT2D eigenvalue weighted by Gasteiger charge is 2.06. The molecule has 0 aliphatic carbocycles. The van der Waals surface area contributed by atoms with Crippen LogP contribution in [0.4, 0.5) is 10.1 Å². The normalized spacial score (nSPS) is 10.4. The van der Waals surface area contributed by atoms with Gasteiger partial charge in [0.1, 0.15) is 5.82 Å². The van der Waals surface area contributed by atoms with E-state index in [2.05, 4.69) is 10.3 Å². The van der Waals surface area contributed by atoms with Gasteiger partial charge in [-0.15, -0.1) is 0 Å². The summed E-state index contributed by atoms with van der Waals surface area (Å²) in [4.78, 5) is 16.1. The van der Waals surface area contributed by atoms with Crippen LogP contribution >= 0.6 is 0 Å². The molecular formula is C17H14FN3O. The van der Waals surface area contributed by atoms with Gasteiger partial charge in [-0.05, 0) is 42.0 Å². The Bertz CT molecular complexity index is 750. The molecule has 110 valence electrons. The monoisotopic (exact) mass is 295 g/mol. The number of hydrogen-bond acceptors (Lipinski definition) is 2. The summed E-state index contributed by atoms with van der Waals surface area (Å²) in [5, 5.41) is 2.73. The second-order valence-corrected chi connectivity index (χ2v) is 4.89. The van der Waals surface area contributed by atoms with Crippen LogP contribution in [0.15, 0.2) is 67.3 Å². The minimum Gasteiger partial charge on any atom is -0.333 e. The van der Waals surface area contributed by atoms with Crippen molar-refractivity contribution in [2.45, 2.75) is 6.54 Å². The molecule has 5 heteroatoms. The quantitative estimate of drug-likeness (QED) is 0.802. The van der Waals surface area contributed by atoms with Gasteiger partial charge in [-0.3, -0.25) is 4.79 Å². The molecule has 22 heavy (non-hydrogen) atoms. The molecule has 0 fully saturated rings. The highest BCUT2D eigenvalue weighted by Crippen LogP contribution is 2.12. The summed E-state index contributed by atoms with van der Waals surface area (Å²) in [5.41, 5.74) is 2.20. The number of aromatic nitrogens is 2.